The van der Waals surface area contributed by atoms with Crippen molar-refractivity contribution in [2.45, 2.75) is 45.1 Å². The lowest BCUT2D eigenvalue weighted by atomic mass is 9.97. The molecule has 1 heterocycles. The largest absolute Gasteiger partial charge is 0.309 e. The Morgan fingerprint density at radius 3 is 2.93 bits per heavy atom. The van der Waals surface area contributed by atoms with Crippen LogP contribution >= 0.6 is 11.3 Å². The fraction of sp³-hybridized carbons (Fsp3) is 0.750. The third kappa shape index (κ3) is 3.02. The summed E-state index contributed by atoms with van der Waals surface area (Å²) in [6, 6.07) is 0.490. The van der Waals surface area contributed by atoms with Crippen LogP contribution in [0.5, 0.6) is 0 Å². The molecule has 0 aliphatic heterocycles. The van der Waals surface area contributed by atoms with Crippen LogP contribution in [0.15, 0.2) is 10.9 Å². The summed E-state index contributed by atoms with van der Waals surface area (Å²) in [5, 5.41) is 5.74. The predicted octanol–water partition coefficient (Wildman–Crippen LogP) is 3.37. The highest BCUT2D eigenvalue weighted by atomic mass is 32.1. The van der Waals surface area contributed by atoms with Crippen LogP contribution in [-0.4, -0.2) is 11.5 Å². The van der Waals surface area contributed by atoms with Crippen molar-refractivity contribution in [3.8, 4) is 0 Å². The van der Waals surface area contributed by atoms with Crippen molar-refractivity contribution in [2.75, 3.05) is 6.54 Å². The fourth-order valence-corrected chi connectivity index (χ4v) is 3.14. The van der Waals surface area contributed by atoms with E-state index >= 15 is 0 Å². The zero-order valence-corrected chi connectivity index (χ0v) is 10.2. The molecule has 0 spiro atoms. The average Bonchev–Trinajstić information content (AvgIpc) is 2.89. The maximum absolute atomic E-state index is 4.43. The van der Waals surface area contributed by atoms with Crippen LogP contribution in [0.3, 0.4) is 0 Å². The van der Waals surface area contributed by atoms with Gasteiger partial charge >= 0.3 is 0 Å². The zero-order chi connectivity index (χ0) is 10.5. The number of nitrogens with zero attached hydrogens (tertiary/aromatic N) is 1. The van der Waals surface area contributed by atoms with Crippen molar-refractivity contribution in [2.24, 2.45) is 5.92 Å². The number of thiazole rings is 1. The Morgan fingerprint density at radius 2 is 2.33 bits per heavy atom. The third-order valence-electron chi connectivity index (χ3n) is 3.30. The molecule has 1 fully saturated rings. The topological polar surface area (TPSA) is 24.9 Å². The highest BCUT2D eigenvalue weighted by molar-refractivity contribution is 7.07. The molecule has 84 valence electrons. The lowest BCUT2D eigenvalue weighted by Crippen LogP contribution is -2.23. The van der Waals surface area contributed by atoms with Crippen molar-refractivity contribution in [3.05, 3.63) is 16.6 Å². The summed E-state index contributed by atoms with van der Waals surface area (Å²) in [6.07, 6.45) is 6.98. The van der Waals surface area contributed by atoms with Crippen molar-refractivity contribution in [3.63, 3.8) is 0 Å². The summed E-state index contributed by atoms with van der Waals surface area (Å²) in [5.41, 5.74) is 3.18. The Morgan fingerprint density at radius 1 is 1.53 bits per heavy atom. The summed E-state index contributed by atoms with van der Waals surface area (Å²) < 4.78 is 0. The quantitative estimate of drug-likeness (QED) is 0.829. The van der Waals surface area contributed by atoms with Gasteiger partial charge in [0, 0.05) is 5.38 Å². The van der Waals surface area contributed by atoms with E-state index in [0.717, 1.165) is 12.5 Å². The minimum absolute atomic E-state index is 0.490. The van der Waals surface area contributed by atoms with E-state index in [1.807, 2.05) is 5.51 Å². The smallest absolute Gasteiger partial charge is 0.0795 e. The number of rotatable bonds is 5. The molecule has 1 atom stereocenters. The maximum Gasteiger partial charge on any atom is 0.0795 e. The van der Waals surface area contributed by atoms with Crippen LogP contribution < -0.4 is 5.32 Å². The molecule has 0 amide bonds. The number of hydrogen-bond donors (Lipinski definition) is 1. The molecule has 0 aromatic carbocycles. The van der Waals surface area contributed by atoms with Crippen LogP contribution in [0.1, 0.15) is 50.8 Å². The standard InChI is InChI=1S/C12H20N2S/c1-2-13-11(12-8-15-9-14-12)7-10-5-3-4-6-10/h8-11,13H,2-7H2,1H3. The summed E-state index contributed by atoms with van der Waals surface area (Å²) >= 11 is 1.70. The first-order valence-corrected chi connectivity index (χ1v) is 6.96. The van der Waals surface area contributed by atoms with E-state index in [1.54, 1.807) is 11.3 Å². The second-order valence-corrected chi connectivity index (χ2v) is 5.13. The second kappa shape index (κ2) is 5.61. The summed E-state index contributed by atoms with van der Waals surface area (Å²) in [7, 11) is 0. The van der Waals surface area contributed by atoms with E-state index in [1.165, 1.54) is 37.8 Å². The van der Waals surface area contributed by atoms with Gasteiger partial charge in [0.15, 0.2) is 0 Å². The predicted molar refractivity (Wildman–Crippen MR) is 65.1 cm³/mol. The van der Waals surface area contributed by atoms with E-state index < -0.39 is 0 Å². The van der Waals surface area contributed by atoms with Crippen LogP contribution in [-0.2, 0) is 0 Å². The van der Waals surface area contributed by atoms with Gasteiger partial charge in [-0.2, -0.15) is 0 Å². The number of aromatic nitrogens is 1. The van der Waals surface area contributed by atoms with Gasteiger partial charge in [-0.15, -0.1) is 11.3 Å². The molecule has 2 nitrogen and oxygen atoms in total. The van der Waals surface area contributed by atoms with Crippen molar-refractivity contribution in [1.82, 2.24) is 10.3 Å². The SMILES string of the molecule is CCNC(CC1CCCC1)c1cscn1. The van der Waals surface area contributed by atoms with Crippen LogP contribution in [0.4, 0.5) is 0 Å². The number of hydrogen-bond acceptors (Lipinski definition) is 3. The van der Waals surface area contributed by atoms with E-state index in [4.69, 9.17) is 0 Å². The molecule has 1 unspecified atom stereocenters. The van der Waals surface area contributed by atoms with Crippen LogP contribution in [0.25, 0.3) is 0 Å². The summed E-state index contributed by atoms with van der Waals surface area (Å²) in [4.78, 5) is 4.43. The van der Waals surface area contributed by atoms with Gasteiger partial charge in [0.1, 0.15) is 0 Å². The van der Waals surface area contributed by atoms with Crippen molar-refractivity contribution < 1.29 is 0 Å². The molecule has 1 aromatic rings. The molecule has 0 bridgehead atoms. The second-order valence-electron chi connectivity index (χ2n) is 4.41. The van der Waals surface area contributed by atoms with Gasteiger partial charge in [-0.1, -0.05) is 32.6 Å². The molecular formula is C12H20N2S. The minimum atomic E-state index is 0.490. The summed E-state index contributed by atoms with van der Waals surface area (Å²) in [5.74, 6) is 0.927. The van der Waals surface area contributed by atoms with Crippen molar-refractivity contribution in [1.29, 1.82) is 0 Å². The summed E-state index contributed by atoms with van der Waals surface area (Å²) in [6.45, 7) is 3.21. The van der Waals surface area contributed by atoms with E-state index in [2.05, 4.69) is 22.6 Å². The van der Waals surface area contributed by atoms with Crippen LogP contribution in [0.2, 0.25) is 0 Å². The molecule has 1 N–H and O–H groups in total. The fourth-order valence-electron chi connectivity index (χ4n) is 2.53. The van der Waals surface area contributed by atoms with Gasteiger partial charge < -0.3 is 5.32 Å². The van der Waals surface area contributed by atoms with Gasteiger partial charge in [-0.05, 0) is 18.9 Å². The first kappa shape index (κ1) is 11.1. The Hall–Kier alpha value is -0.410. The van der Waals surface area contributed by atoms with Gasteiger partial charge in [0.05, 0.1) is 17.2 Å². The Labute approximate surface area is 96.1 Å². The third-order valence-corrected chi connectivity index (χ3v) is 3.91. The van der Waals surface area contributed by atoms with E-state index in [-0.39, 0.29) is 0 Å². The van der Waals surface area contributed by atoms with E-state index in [9.17, 15) is 0 Å². The average molecular weight is 224 g/mol. The normalized spacial score (nSPS) is 19.5. The number of nitrogens with one attached hydrogen (secondary N) is 1. The Bertz CT molecular complexity index is 265. The van der Waals surface area contributed by atoms with Crippen molar-refractivity contribution >= 4 is 11.3 Å². The van der Waals surface area contributed by atoms with Crippen LogP contribution in [0, 0.1) is 5.92 Å². The molecule has 1 aromatic heterocycles. The lowest BCUT2D eigenvalue weighted by Gasteiger charge is -2.19. The minimum Gasteiger partial charge on any atom is -0.309 e. The first-order chi connectivity index (χ1) is 7.40. The van der Waals surface area contributed by atoms with Gasteiger partial charge in [0.25, 0.3) is 0 Å². The van der Waals surface area contributed by atoms with Gasteiger partial charge in [0.2, 0.25) is 0 Å². The maximum atomic E-state index is 4.43. The highest BCUT2D eigenvalue weighted by Gasteiger charge is 2.21. The van der Waals surface area contributed by atoms with E-state index in [0.29, 0.717) is 6.04 Å². The lowest BCUT2D eigenvalue weighted by molar-refractivity contribution is 0.396. The zero-order valence-electron chi connectivity index (χ0n) is 9.41. The molecule has 1 aliphatic carbocycles. The molecular weight excluding hydrogens is 204 g/mol. The molecule has 1 aliphatic rings. The van der Waals surface area contributed by atoms with Gasteiger partial charge in [-0.3, -0.25) is 0 Å². The monoisotopic (exact) mass is 224 g/mol. The Kier molecular flexibility index (Phi) is 4.15. The Balaban J connectivity index is 1.93. The molecule has 0 radical (unpaired) electrons. The van der Waals surface area contributed by atoms with Gasteiger partial charge in [-0.25, -0.2) is 4.98 Å². The first-order valence-electron chi connectivity index (χ1n) is 6.01. The molecule has 15 heavy (non-hydrogen) atoms. The highest BCUT2D eigenvalue weighted by Crippen LogP contribution is 2.32. The molecule has 3 heteroatoms. The molecule has 0 saturated heterocycles. The molecule has 2 rings (SSSR count). The molecule has 1 saturated carbocycles.